The van der Waals surface area contributed by atoms with E-state index in [1.165, 1.54) is 0 Å². The van der Waals surface area contributed by atoms with Gasteiger partial charge >= 0.3 is 0 Å². The maximum absolute atomic E-state index is 12.2. The number of amidine groups is 1. The molecule has 0 aliphatic heterocycles. The fraction of sp³-hybridized carbons (Fsp3) is 0.545. The van der Waals surface area contributed by atoms with Crippen molar-refractivity contribution in [3.8, 4) is 0 Å². The van der Waals surface area contributed by atoms with E-state index in [9.17, 15) is 4.79 Å². The van der Waals surface area contributed by atoms with Crippen LogP contribution in [0.1, 0.15) is 35.5 Å². The highest BCUT2D eigenvalue weighted by Gasteiger charge is 2.34. The van der Waals surface area contributed by atoms with Crippen LogP contribution in [0.4, 0.5) is 0 Å². The fourth-order valence-electron chi connectivity index (χ4n) is 1.74. The lowest BCUT2D eigenvalue weighted by Gasteiger charge is -2.20. The molecule has 0 radical (unpaired) electrons. The first kappa shape index (κ1) is 12.4. The van der Waals surface area contributed by atoms with Crippen molar-refractivity contribution < 1.29 is 14.5 Å². The van der Waals surface area contributed by atoms with Crippen molar-refractivity contribution in [3.05, 3.63) is 17.5 Å². The minimum absolute atomic E-state index is 0.116. The van der Waals surface area contributed by atoms with Crippen LogP contribution >= 0.6 is 0 Å². The first-order valence-corrected chi connectivity index (χ1v) is 5.82. The second-order valence-electron chi connectivity index (χ2n) is 4.39. The lowest BCUT2D eigenvalue weighted by molar-refractivity contribution is 0.0737. The molecular formula is C11H16N4O3. The van der Waals surface area contributed by atoms with E-state index < -0.39 is 0 Å². The van der Waals surface area contributed by atoms with Crippen molar-refractivity contribution in [3.63, 3.8) is 0 Å². The molecule has 0 unspecified atom stereocenters. The number of amides is 1. The molecule has 7 heteroatoms. The summed E-state index contributed by atoms with van der Waals surface area (Å²) < 4.78 is 4.90. The van der Waals surface area contributed by atoms with Gasteiger partial charge in [-0.1, -0.05) is 10.3 Å². The van der Waals surface area contributed by atoms with Gasteiger partial charge in [0.25, 0.3) is 5.91 Å². The maximum atomic E-state index is 12.2. The average Bonchev–Trinajstić information content (AvgIpc) is 3.10. The summed E-state index contributed by atoms with van der Waals surface area (Å²) >= 11 is 0. The van der Waals surface area contributed by atoms with Crippen LogP contribution in [0, 0.1) is 6.92 Å². The van der Waals surface area contributed by atoms with Crippen molar-refractivity contribution in [1.29, 1.82) is 0 Å². The van der Waals surface area contributed by atoms with Crippen LogP contribution in [-0.2, 0) is 0 Å². The van der Waals surface area contributed by atoms with Gasteiger partial charge in [-0.15, -0.1) is 0 Å². The zero-order chi connectivity index (χ0) is 13.1. The third kappa shape index (κ3) is 2.79. The largest absolute Gasteiger partial charge is 0.409 e. The Kier molecular flexibility index (Phi) is 3.50. The quantitative estimate of drug-likeness (QED) is 0.348. The third-order valence-corrected chi connectivity index (χ3v) is 2.83. The minimum Gasteiger partial charge on any atom is -0.409 e. The van der Waals surface area contributed by atoms with Gasteiger partial charge in [0.05, 0.1) is 0 Å². The Balaban J connectivity index is 2.03. The van der Waals surface area contributed by atoms with Crippen LogP contribution in [0.3, 0.4) is 0 Å². The van der Waals surface area contributed by atoms with E-state index in [1.807, 2.05) is 0 Å². The third-order valence-electron chi connectivity index (χ3n) is 2.83. The Labute approximate surface area is 104 Å². The van der Waals surface area contributed by atoms with E-state index in [0.717, 1.165) is 12.8 Å². The predicted octanol–water partition coefficient (Wildman–Crippen LogP) is 0.724. The van der Waals surface area contributed by atoms with Gasteiger partial charge in [-0.25, -0.2) is 0 Å². The van der Waals surface area contributed by atoms with Crippen molar-refractivity contribution in [1.82, 2.24) is 10.1 Å². The van der Waals surface area contributed by atoms with Crippen LogP contribution in [0.5, 0.6) is 0 Å². The molecule has 98 valence electrons. The molecule has 0 atom stereocenters. The lowest BCUT2D eigenvalue weighted by Crippen LogP contribution is -2.36. The molecule has 2 rings (SSSR count). The molecule has 18 heavy (non-hydrogen) atoms. The van der Waals surface area contributed by atoms with Crippen LogP contribution in [0.25, 0.3) is 0 Å². The summed E-state index contributed by atoms with van der Waals surface area (Å²) in [5.41, 5.74) is 5.72. The Morgan fingerprint density at radius 3 is 2.94 bits per heavy atom. The highest BCUT2D eigenvalue weighted by molar-refractivity contribution is 5.93. The first-order chi connectivity index (χ1) is 8.61. The van der Waals surface area contributed by atoms with Gasteiger partial charge in [0.15, 0.2) is 5.69 Å². The second-order valence-corrected chi connectivity index (χ2v) is 4.39. The number of nitrogens with two attached hydrogens (primary N) is 1. The van der Waals surface area contributed by atoms with E-state index in [-0.39, 0.29) is 17.8 Å². The molecule has 1 amide bonds. The Hall–Kier alpha value is -2.05. The Morgan fingerprint density at radius 1 is 1.72 bits per heavy atom. The molecule has 1 aliphatic rings. The number of aromatic nitrogens is 1. The molecule has 1 aliphatic carbocycles. The zero-order valence-corrected chi connectivity index (χ0v) is 10.2. The predicted molar refractivity (Wildman–Crippen MR) is 63.3 cm³/mol. The van der Waals surface area contributed by atoms with Gasteiger partial charge in [-0.2, -0.15) is 0 Å². The van der Waals surface area contributed by atoms with E-state index in [4.69, 9.17) is 15.5 Å². The van der Waals surface area contributed by atoms with E-state index in [2.05, 4.69) is 10.3 Å². The van der Waals surface area contributed by atoms with Gasteiger partial charge < -0.3 is 20.4 Å². The van der Waals surface area contributed by atoms with E-state index in [0.29, 0.717) is 24.4 Å². The monoisotopic (exact) mass is 252 g/mol. The van der Waals surface area contributed by atoms with Crippen molar-refractivity contribution in [2.24, 2.45) is 10.9 Å². The molecule has 0 aromatic carbocycles. The number of oxime groups is 1. The van der Waals surface area contributed by atoms with Gasteiger partial charge in [0, 0.05) is 25.1 Å². The summed E-state index contributed by atoms with van der Waals surface area (Å²) in [5.74, 6) is 0.551. The number of hydrogen-bond acceptors (Lipinski definition) is 5. The zero-order valence-electron chi connectivity index (χ0n) is 10.2. The van der Waals surface area contributed by atoms with Gasteiger partial charge in [-0.3, -0.25) is 4.79 Å². The smallest absolute Gasteiger partial charge is 0.276 e. The molecule has 1 aromatic rings. The molecule has 1 heterocycles. The SMILES string of the molecule is Cc1cc(C(=O)N(CCC(N)=NO)C2CC2)no1. The van der Waals surface area contributed by atoms with Crippen LogP contribution < -0.4 is 5.73 Å². The number of rotatable bonds is 5. The van der Waals surface area contributed by atoms with Crippen molar-refractivity contribution in [2.75, 3.05) is 6.54 Å². The Morgan fingerprint density at radius 2 is 2.44 bits per heavy atom. The van der Waals surface area contributed by atoms with Crippen molar-refractivity contribution >= 4 is 11.7 Å². The van der Waals surface area contributed by atoms with E-state index in [1.54, 1.807) is 17.9 Å². The molecule has 3 N–H and O–H groups in total. The maximum Gasteiger partial charge on any atom is 0.276 e. The molecule has 0 bridgehead atoms. The van der Waals surface area contributed by atoms with Crippen LogP contribution in [0.2, 0.25) is 0 Å². The van der Waals surface area contributed by atoms with E-state index >= 15 is 0 Å². The number of aryl methyl sites for hydroxylation is 1. The van der Waals surface area contributed by atoms with Gasteiger partial charge in [-0.05, 0) is 19.8 Å². The van der Waals surface area contributed by atoms with Crippen LogP contribution in [0.15, 0.2) is 15.7 Å². The van der Waals surface area contributed by atoms with Gasteiger partial charge in [0.2, 0.25) is 0 Å². The second kappa shape index (κ2) is 5.07. The number of hydrogen-bond donors (Lipinski definition) is 2. The summed E-state index contributed by atoms with van der Waals surface area (Å²) in [6.45, 7) is 2.16. The standard InChI is InChI=1S/C11H16N4O3/c1-7-6-9(14-18-7)11(16)15(8-2-3-8)5-4-10(12)13-17/h6,8,17H,2-5H2,1H3,(H2,12,13). The molecular weight excluding hydrogens is 236 g/mol. The Bertz CT molecular complexity index is 465. The number of carbonyl (C=O) groups is 1. The summed E-state index contributed by atoms with van der Waals surface area (Å²) in [6.07, 6.45) is 2.31. The summed E-state index contributed by atoms with van der Waals surface area (Å²) in [6, 6.07) is 1.85. The topological polar surface area (TPSA) is 105 Å². The highest BCUT2D eigenvalue weighted by atomic mass is 16.5. The van der Waals surface area contributed by atoms with Gasteiger partial charge in [0.1, 0.15) is 11.6 Å². The number of nitrogens with zero attached hydrogens (tertiary/aromatic N) is 3. The minimum atomic E-state index is -0.167. The normalized spacial score (nSPS) is 15.7. The highest BCUT2D eigenvalue weighted by Crippen LogP contribution is 2.28. The number of carbonyl (C=O) groups excluding carboxylic acids is 1. The summed E-state index contributed by atoms with van der Waals surface area (Å²) in [5, 5.41) is 15.1. The first-order valence-electron chi connectivity index (χ1n) is 5.82. The molecule has 1 aromatic heterocycles. The average molecular weight is 252 g/mol. The lowest BCUT2D eigenvalue weighted by atomic mass is 10.3. The molecule has 0 saturated heterocycles. The summed E-state index contributed by atoms with van der Waals surface area (Å²) in [4.78, 5) is 13.9. The molecule has 7 nitrogen and oxygen atoms in total. The van der Waals surface area contributed by atoms with Crippen molar-refractivity contribution in [2.45, 2.75) is 32.2 Å². The van der Waals surface area contributed by atoms with Crippen LogP contribution in [-0.4, -0.2) is 39.6 Å². The molecule has 0 spiro atoms. The molecule has 1 fully saturated rings. The molecule has 1 saturated carbocycles. The fourth-order valence-corrected chi connectivity index (χ4v) is 1.74. The summed E-state index contributed by atoms with van der Waals surface area (Å²) in [7, 11) is 0.